The van der Waals surface area contributed by atoms with Crippen LogP contribution in [-0.4, -0.2) is 21.1 Å². The molecule has 2 heterocycles. The van der Waals surface area contributed by atoms with Gasteiger partial charge in [0.05, 0.1) is 4.92 Å². The molecule has 0 unspecified atom stereocenters. The lowest BCUT2D eigenvalue weighted by molar-refractivity contribution is -0.380. The molecule has 0 fully saturated rings. The second-order valence-corrected chi connectivity index (χ2v) is 5.82. The van der Waals surface area contributed by atoms with E-state index in [4.69, 9.17) is 9.15 Å². The summed E-state index contributed by atoms with van der Waals surface area (Å²) in [6.45, 7) is 1.59. The number of nitrogens with zero attached hydrogens (tertiary/aromatic N) is 3. The number of carbonyl (C=O) groups is 1. The average Bonchev–Trinajstić information content (AvgIpc) is 3.25. The molecule has 0 aliphatic carbocycles. The molecule has 0 amide bonds. The van der Waals surface area contributed by atoms with E-state index in [9.17, 15) is 14.9 Å². The van der Waals surface area contributed by atoms with Crippen LogP contribution in [0, 0.1) is 10.1 Å². The Bertz CT molecular complexity index is 874. The van der Waals surface area contributed by atoms with E-state index in [0.717, 1.165) is 16.9 Å². The minimum Gasteiger partial charge on any atom is -0.448 e. The van der Waals surface area contributed by atoms with Crippen molar-refractivity contribution in [3.63, 3.8) is 0 Å². The number of hydrogen-bond acceptors (Lipinski definition) is 8. The Kier molecular flexibility index (Phi) is 4.34. The molecule has 122 valence electrons. The maximum Gasteiger partial charge on any atom is 0.349 e. The minimum absolute atomic E-state index is 0.126. The molecule has 0 spiro atoms. The third-order valence-corrected chi connectivity index (χ3v) is 4.08. The van der Waals surface area contributed by atoms with Gasteiger partial charge in [0.2, 0.25) is 5.89 Å². The monoisotopic (exact) mass is 345 g/mol. The van der Waals surface area contributed by atoms with Gasteiger partial charge in [-0.2, -0.15) is 0 Å². The van der Waals surface area contributed by atoms with E-state index in [2.05, 4.69) is 10.2 Å². The van der Waals surface area contributed by atoms with Crippen LogP contribution in [0.4, 0.5) is 5.00 Å². The SMILES string of the molecule is C[C@H](OC(=O)c1ccc([N+](=O)[O-])s1)c1nnc(-c2ccccc2)o1. The quantitative estimate of drug-likeness (QED) is 0.394. The Morgan fingerprint density at radius 3 is 2.67 bits per heavy atom. The van der Waals surface area contributed by atoms with E-state index < -0.39 is 17.0 Å². The highest BCUT2D eigenvalue weighted by Gasteiger charge is 2.22. The van der Waals surface area contributed by atoms with Crippen LogP contribution < -0.4 is 0 Å². The zero-order valence-electron chi connectivity index (χ0n) is 12.4. The summed E-state index contributed by atoms with van der Waals surface area (Å²) in [4.78, 5) is 22.2. The predicted molar refractivity (Wildman–Crippen MR) is 84.5 cm³/mol. The van der Waals surface area contributed by atoms with Gasteiger partial charge in [-0.15, -0.1) is 10.2 Å². The lowest BCUT2D eigenvalue weighted by atomic mass is 10.2. The van der Waals surface area contributed by atoms with E-state index in [0.29, 0.717) is 5.89 Å². The van der Waals surface area contributed by atoms with E-state index in [1.165, 1.54) is 12.1 Å². The van der Waals surface area contributed by atoms with Gasteiger partial charge in [0.15, 0.2) is 6.10 Å². The van der Waals surface area contributed by atoms with Crippen molar-refractivity contribution in [1.29, 1.82) is 0 Å². The van der Waals surface area contributed by atoms with Gasteiger partial charge in [0, 0.05) is 11.6 Å². The molecule has 2 aromatic heterocycles. The molecular weight excluding hydrogens is 334 g/mol. The van der Waals surface area contributed by atoms with Crippen molar-refractivity contribution in [2.75, 3.05) is 0 Å². The Morgan fingerprint density at radius 1 is 1.25 bits per heavy atom. The second-order valence-electron chi connectivity index (χ2n) is 4.75. The fraction of sp³-hybridized carbons (Fsp3) is 0.133. The molecule has 0 saturated carbocycles. The minimum atomic E-state index is -0.774. The highest BCUT2D eigenvalue weighted by Crippen LogP contribution is 2.27. The van der Waals surface area contributed by atoms with Gasteiger partial charge in [-0.3, -0.25) is 10.1 Å². The highest BCUT2D eigenvalue weighted by molar-refractivity contribution is 7.17. The second kappa shape index (κ2) is 6.59. The highest BCUT2D eigenvalue weighted by atomic mass is 32.1. The van der Waals surface area contributed by atoms with Gasteiger partial charge >= 0.3 is 11.0 Å². The summed E-state index contributed by atoms with van der Waals surface area (Å²) in [5.41, 5.74) is 0.753. The Morgan fingerprint density at radius 2 is 2.00 bits per heavy atom. The summed E-state index contributed by atoms with van der Waals surface area (Å²) in [7, 11) is 0. The number of rotatable bonds is 5. The summed E-state index contributed by atoms with van der Waals surface area (Å²) in [6.07, 6.45) is -0.774. The van der Waals surface area contributed by atoms with Crippen molar-refractivity contribution in [3.05, 3.63) is 63.3 Å². The molecule has 0 bridgehead atoms. The van der Waals surface area contributed by atoms with Gasteiger partial charge in [-0.25, -0.2) is 4.79 Å². The van der Waals surface area contributed by atoms with Crippen molar-refractivity contribution in [2.24, 2.45) is 0 Å². The summed E-state index contributed by atoms with van der Waals surface area (Å²) in [5, 5.41) is 18.3. The maximum atomic E-state index is 12.0. The number of hydrogen-bond donors (Lipinski definition) is 0. The normalized spacial score (nSPS) is 11.9. The molecule has 24 heavy (non-hydrogen) atoms. The number of esters is 1. The number of nitro groups is 1. The van der Waals surface area contributed by atoms with Crippen LogP contribution in [0.2, 0.25) is 0 Å². The molecule has 0 radical (unpaired) electrons. The smallest absolute Gasteiger partial charge is 0.349 e. The zero-order valence-corrected chi connectivity index (χ0v) is 13.2. The van der Waals surface area contributed by atoms with Crippen LogP contribution in [0.5, 0.6) is 0 Å². The molecule has 8 nitrogen and oxygen atoms in total. The third-order valence-electron chi connectivity index (χ3n) is 3.07. The molecule has 0 aliphatic rings. The summed E-state index contributed by atoms with van der Waals surface area (Å²) < 4.78 is 10.7. The molecule has 1 aromatic carbocycles. The Balaban J connectivity index is 1.70. The van der Waals surface area contributed by atoms with Crippen molar-refractivity contribution in [1.82, 2.24) is 10.2 Å². The fourth-order valence-electron chi connectivity index (χ4n) is 1.90. The number of ether oxygens (including phenoxy) is 1. The molecular formula is C15H11N3O5S. The average molecular weight is 345 g/mol. The van der Waals surface area contributed by atoms with Crippen molar-refractivity contribution < 1.29 is 18.9 Å². The van der Waals surface area contributed by atoms with E-state index >= 15 is 0 Å². The zero-order chi connectivity index (χ0) is 17.1. The van der Waals surface area contributed by atoms with Crippen LogP contribution in [0.1, 0.15) is 28.6 Å². The van der Waals surface area contributed by atoms with Gasteiger partial charge in [-0.05, 0) is 25.1 Å². The predicted octanol–water partition coefficient (Wildman–Crippen LogP) is 3.62. The van der Waals surface area contributed by atoms with Crippen LogP contribution in [0.3, 0.4) is 0 Å². The topological polar surface area (TPSA) is 108 Å². The van der Waals surface area contributed by atoms with Gasteiger partial charge in [-0.1, -0.05) is 29.5 Å². The van der Waals surface area contributed by atoms with E-state index in [-0.39, 0.29) is 15.8 Å². The van der Waals surface area contributed by atoms with Crippen molar-refractivity contribution in [2.45, 2.75) is 13.0 Å². The first-order valence-corrected chi connectivity index (χ1v) is 7.70. The first-order chi connectivity index (χ1) is 11.5. The molecule has 1 atom stereocenters. The molecule has 0 N–H and O–H groups in total. The Labute approximate surface area is 139 Å². The van der Waals surface area contributed by atoms with E-state index in [1.54, 1.807) is 6.92 Å². The lowest BCUT2D eigenvalue weighted by Crippen LogP contribution is -2.08. The number of carbonyl (C=O) groups excluding carboxylic acids is 1. The van der Waals surface area contributed by atoms with E-state index in [1.807, 2.05) is 30.3 Å². The summed E-state index contributed by atoms with van der Waals surface area (Å²) in [5.74, 6) is -0.214. The molecule has 9 heteroatoms. The summed E-state index contributed by atoms with van der Waals surface area (Å²) in [6, 6.07) is 11.8. The fourth-order valence-corrected chi connectivity index (χ4v) is 2.60. The van der Waals surface area contributed by atoms with Gasteiger partial charge in [0.1, 0.15) is 4.88 Å². The number of benzene rings is 1. The van der Waals surface area contributed by atoms with Crippen LogP contribution >= 0.6 is 11.3 Å². The molecule has 0 aliphatic heterocycles. The number of aromatic nitrogens is 2. The lowest BCUT2D eigenvalue weighted by Gasteiger charge is -2.07. The van der Waals surface area contributed by atoms with Crippen molar-refractivity contribution in [3.8, 4) is 11.5 Å². The van der Waals surface area contributed by atoms with Crippen LogP contribution in [0.15, 0.2) is 46.9 Å². The standard InChI is InChI=1S/C15H11N3O5S/c1-9(22-15(19)11-7-8-12(24-11)18(20)21)13-16-17-14(23-13)10-5-3-2-4-6-10/h2-9H,1H3/t9-/m0/s1. The molecule has 3 aromatic rings. The summed E-state index contributed by atoms with van der Waals surface area (Å²) >= 11 is 0.748. The van der Waals surface area contributed by atoms with Crippen LogP contribution in [-0.2, 0) is 4.74 Å². The van der Waals surface area contributed by atoms with Crippen LogP contribution in [0.25, 0.3) is 11.5 Å². The maximum absolute atomic E-state index is 12.0. The van der Waals surface area contributed by atoms with Gasteiger partial charge in [0.25, 0.3) is 5.89 Å². The first kappa shape index (κ1) is 15.8. The van der Waals surface area contributed by atoms with Gasteiger partial charge < -0.3 is 9.15 Å². The number of thiophene rings is 1. The molecule has 0 saturated heterocycles. The van der Waals surface area contributed by atoms with Crippen molar-refractivity contribution >= 4 is 22.3 Å². The third kappa shape index (κ3) is 3.30. The largest absolute Gasteiger partial charge is 0.448 e. The first-order valence-electron chi connectivity index (χ1n) is 6.88. The Hall–Kier alpha value is -3.07. The molecule has 3 rings (SSSR count).